The minimum atomic E-state index is -0.483. The van der Waals surface area contributed by atoms with E-state index < -0.39 is 5.91 Å². The summed E-state index contributed by atoms with van der Waals surface area (Å²) in [5, 5.41) is 0. The van der Waals surface area contributed by atoms with Gasteiger partial charge in [0, 0.05) is 49.5 Å². The molecule has 2 aromatic rings. The number of carbonyl (C=O) groups excluding carboxylic acids is 1. The van der Waals surface area contributed by atoms with Crippen molar-refractivity contribution in [1.82, 2.24) is 9.88 Å². The molecule has 0 aromatic carbocycles. The summed E-state index contributed by atoms with van der Waals surface area (Å²) < 4.78 is 1.18. The first-order chi connectivity index (χ1) is 10.6. The molecule has 3 rings (SSSR count). The molecule has 0 spiro atoms. The molecule has 0 unspecified atom stereocenters. The molecule has 0 saturated carbocycles. The van der Waals surface area contributed by atoms with E-state index in [1.54, 1.807) is 23.6 Å². The standard InChI is InChI=1S/C15H17BrN4OS/c16-14-2-1-12(22-14)10-19-5-7-20(8-6-19)11-3-4-18-13(9-11)15(17)21/h1-4,9H,5-8,10H2,(H2,17,21). The Morgan fingerprint density at radius 3 is 2.68 bits per heavy atom. The summed E-state index contributed by atoms with van der Waals surface area (Å²) in [6.45, 7) is 4.88. The largest absolute Gasteiger partial charge is 0.369 e. The number of aromatic nitrogens is 1. The maximum absolute atomic E-state index is 11.2. The SMILES string of the molecule is NC(=O)c1cc(N2CCN(Cc3ccc(Br)s3)CC2)ccn1. The molecule has 1 saturated heterocycles. The molecule has 116 valence electrons. The van der Waals surface area contributed by atoms with Crippen LogP contribution in [0.25, 0.3) is 0 Å². The monoisotopic (exact) mass is 380 g/mol. The molecule has 0 atom stereocenters. The van der Waals surface area contributed by atoms with Crippen molar-refractivity contribution in [3.8, 4) is 0 Å². The predicted octanol–water partition coefficient (Wildman–Crippen LogP) is 2.33. The number of rotatable bonds is 4. The van der Waals surface area contributed by atoms with Crippen molar-refractivity contribution in [2.24, 2.45) is 5.73 Å². The first kappa shape index (κ1) is 15.5. The fraction of sp³-hybridized carbons (Fsp3) is 0.333. The van der Waals surface area contributed by atoms with E-state index in [-0.39, 0.29) is 0 Å². The Morgan fingerprint density at radius 2 is 2.05 bits per heavy atom. The zero-order valence-electron chi connectivity index (χ0n) is 12.0. The van der Waals surface area contributed by atoms with Crippen LogP contribution >= 0.6 is 27.3 Å². The van der Waals surface area contributed by atoms with E-state index in [4.69, 9.17) is 5.73 Å². The van der Waals surface area contributed by atoms with E-state index in [0.29, 0.717) is 5.69 Å². The number of piperazine rings is 1. The van der Waals surface area contributed by atoms with Crippen molar-refractivity contribution in [1.29, 1.82) is 0 Å². The van der Waals surface area contributed by atoms with Crippen LogP contribution in [-0.4, -0.2) is 42.0 Å². The van der Waals surface area contributed by atoms with Crippen molar-refractivity contribution < 1.29 is 4.79 Å². The van der Waals surface area contributed by atoms with Crippen LogP contribution in [0.1, 0.15) is 15.4 Å². The number of primary amides is 1. The quantitative estimate of drug-likeness (QED) is 0.883. The maximum atomic E-state index is 11.2. The number of amides is 1. The van der Waals surface area contributed by atoms with E-state index in [1.807, 2.05) is 6.07 Å². The second-order valence-corrected chi connectivity index (χ2v) is 7.78. The van der Waals surface area contributed by atoms with Gasteiger partial charge >= 0.3 is 0 Å². The molecule has 22 heavy (non-hydrogen) atoms. The van der Waals surface area contributed by atoms with Crippen LogP contribution in [0.4, 0.5) is 5.69 Å². The van der Waals surface area contributed by atoms with Crippen LogP contribution in [0.5, 0.6) is 0 Å². The van der Waals surface area contributed by atoms with E-state index >= 15 is 0 Å². The second-order valence-electron chi connectivity index (χ2n) is 5.23. The summed E-state index contributed by atoms with van der Waals surface area (Å²) in [5.74, 6) is -0.483. The number of thiophene rings is 1. The van der Waals surface area contributed by atoms with Gasteiger partial charge in [-0.3, -0.25) is 14.7 Å². The Balaban J connectivity index is 1.59. The van der Waals surface area contributed by atoms with Crippen molar-refractivity contribution in [3.05, 3.63) is 44.8 Å². The number of anilines is 1. The molecule has 1 fully saturated rings. The van der Waals surface area contributed by atoms with Gasteiger partial charge in [-0.25, -0.2) is 0 Å². The van der Waals surface area contributed by atoms with Crippen molar-refractivity contribution in [2.45, 2.75) is 6.54 Å². The van der Waals surface area contributed by atoms with Crippen molar-refractivity contribution in [3.63, 3.8) is 0 Å². The Hall–Kier alpha value is -1.44. The molecule has 2 aromatic heterocycles. The number of nitrogens with zero attached hydrogens (tertiary/aromatic N) is 3. The highest BCUT2D eigenvalue weighted by Gasteiger charge is 2.18. The van der Waals surface area contributed by atoms with Crippen LogP contribution in [-0.2, 0) is 6.54 Å². The van der Waals surface area contributed by atoms with Gasteiger partial charge in [0.05, 0.1) is 3.79 Å². The van der Waals surface area contributed by atoms with Crippen LogP contribution in [0.15, 0.2) is 34.2 Å². The van der Waals surface area contributed by atoms with Gasteiger partial charge in [0.2, 0.25) is 0 Å². The highest BCUT2D eigenvalue weighted by Crippen LogP contribution is 2.24. The summed E-state index contributed by atoms with van der Waals surface area (Å²) in [6, 6.07) is 7.97. The third-order valence-electron chi connectivity index (χ3n) is 3.74. The minimum absolute atomic E-state index is 0.323. The van der Waals surface area contributed by atoms with E-state index in [1.165, 1.54) is 8.66 Å². The molecule has 7 heteroatoms. The molecule has 5 nitrogen and oxygen atoms in total. The van der Waals surface area contributed by atoms with Crippen molar-refractivity contribution in [2.75, 3.05) is 31.1 Å². The molecular formula is C15H17BrN4OS. The van der Waals surface area contributed by atoms with Gasteiger partial charge in [-0.15, -0.1) is 11.3 Å². The Bertz CT molecular complexity index is 667. The lowest BCUT2D eigenvalue weighted by molar-refractivity contribution is 0.0995. The summed E-state index contributed by atoms with van der Waals surface area (Å²) in [6.07, 6.45) is 1.64. The Morgan fingerprint density at radius 1 is 1.27 bits per heavy atom. The highest BCUT2D eigenvalue weighted by molar-refractivity contribution is 9.11. The number of halogens is 1. The lowest BCUT2D eigenvalue weighted by atomic mass is 10.2. The van der Waals surface area contributed by atoms with Gasteiger partial charge in [-0.2, -0.15) is 0 Å². The van der Waals surface area contributed by atoms with Gasteiger partial charge in [-0.1, -0.05) is 0 Å². The maximum Gasteiger partial charge on any atom is 0.267 e. The molecule has 3 heterocycles. The number of hydrogen-bond acceptors (Lipinski definition) is 5. The number of hydrogen-bond donors (Lipinski definition) is 1. The van der Waals surface area contributed by atoms with Crippen LogP contribution < -0.4 is 10.6 Å². The molecule has 1 aliphatic heterocycles. The lowest BCUT2D eigenvalue weighted by Gasteiger charge is -2.35. The number of pyridine rings is 1. The zero-order chi connectivity index (χ0) is 15.5. The summed E-state index contributed by atoms with van der Waals surface area (Å²) in [7, 11) is 0. The Kier molecular flexibility index (Phi) is 4.75. The van der Waals surface area contributed by atoms with Crippen LogP contribution in [0.3, 0.4) is 0 Å². The van der Waals surface area contributed by atoms with Gasteiger partial charge in [0.15, 0.2) is 0 Å². The van der Waals surface area contributed by atoms with E-state index in [2.05, 4.69) is 42.8 Å². The molecule has 1 aliphatic rings. The number of nitrogens with two attached hydrogens (primary N) is 1. The summed E-state index contributed by atoms with van der Waals surface area (Å²) >= 11 is 5.29. The molecule has 0 bridgehead atoms. The normalized spacial score (nSPS) is 16.0. The van der Waals surface area contributed by atoms with Gasteiger partial charge in [0.1, 0.15) is 5.69 Å². The molecule has 0 aliphatic carbocycles. The van der Waals surface area contributed by atoms with Crippen LogP contribution in [0, 0.1) is 0 Å². The number of carbonyl (C=O) groups is 1. The first-order valence-electron chi connectivity index (χ1n) is 7.09. The average molecular weight is 381 g/mol. The van der Waals surface area contributed by atoms with Crippen LogP contribution in [0.2, 0.25) is 0 Å². The Labute approximate surface area is 141 Å². The van der Waals surface area contributed by atoms with Gasteiger partial charge < -0.3 is 10.6 Å². The van der Waals surface area contributed by atoms with Gasteiger partial charge in [0.25, 0.3) is 5.91 Å². The summed E-state index contributed by atoms with van der Waals surface area (Å²) in [5.41, 5.74) is 6.63. The first-order valence-corrected chi connectivity index (χ1v) is 8.70. The lowest BCUT2D eigenvalue weighted by Crippen LogP contribution is -2.45. The average Bonchev–Trinajstić information content (AvgIpc) is 2.93. The van der Waals surface area contributed by atoms with Gasteiger partial charge in [-0.05, 0) is 40.2 Å². The highest BCUT2D eigenvalue weighted by atomic mass is 79.9. The molecular weight excluding hydrogens is 364 g/mol. The fourth-order valence-corrected chi connectivity index (χ4v) is 4.10. The molecule has 2 N–H and O–H groups in total. The topological polar surface area (TPSA) is 62.5 Å². The molecule has 1 amide bonds. The van der Waals surface area contributed by atoms with Crippen molar-refractivity contribution >= 4 is 38.9 Å². The zero-order valence-corrected chi connectivity index (χ0v) is 14.4. The third kappa shape index (κ3) is 3.66. The molecule has 0 radical (unpaired) electrons. The fourth-order valence-electron chi connectivity index (χ4n) is 2.57. The second kappa shape index (κ2) is 6.76. The van der Waals surface area contributed by atoms with E-state index in [9.17, 15) is 4.79 Å². The smallest absolute Gasteiger partial charge is 0.267 e. The predicted molar refractivity (Wildman–Crippen MR) is 92.3 cm³/mol. The third-order valence-corrected chi connectivity index (χ3v) is 5.35. The minimum Gasteiger partial charge on any atom is -0.369 e. The van der Waals surface area contributed by atoms with E-state index in [0.717, 1.165) is 38.4 Å². The summed E-state index contributed by atoms with van der Waals surface area (Å²) in [4.78, 5) is 21.3.